The van der Waals surface area contributed by atoms with Crippen molar-refractivity contribution < 1.29 is 19.0 Å². The SMILES string of the molecule is CCOC(=O)C1CCC(c2nc(Br)c3c(NCc4ccc(OC)cc4OC)nccn23)C1C. The summed E-state index contributed by atoms with van der Waals surface area (Å²) < 4.78 is 18.9. The molecule has 4 rings (SSSR count). The quantitative estimate of drug-likeness (QED) is 0.429. The molecular weight excluding hydrogens is 488 g/mol. The summed E-state index contributed by atoms with van der Waals surface area (Å²) in [6.07, 6.45) is 5.39. The maximum atomic E-state index is 12.4. The molecule has 33 heavy (non-hydrogen) atoms. The van der Waals surface area contributed by atoms with E-state index in [0.29, 0.717) is 19.0 Å². The molecule has 1 aliphatic rings. The Balaban J connectivity index is 1.60. The van der Waals surface area contributed by atoms with Crippen LogP contribution in [0.25, 0.3) is 5.52 Å². The molecule has 1 aromatic carbocycles. The third-order valence-electron chi connectivity index (χ3n) is 6.46. The average molecular weight is 517 g/mol. The van der Waals surface area contributed by atoms with Crippen LogP contribution in [0, 0.1) is 11.8 Å². The zero-order valence-corrected chi connectivity index (χ0v) is 20.9. The Hall–Kier alpha value is -2.81. The van der Waals surface area contributed by atoms with Crippen LogP contribution in [-0.2, 0) is 16.1 Å². The summed E-state index contributed by atoms with van der Waals surface area (Å²) in [7, 11) is 3.27. The smallest absolute Gasteiger partial charge is 0.309 e. The number of methoxy groups -OCH3 is 2. The molecule has 1 N–H and O–H groups in total. The number of fused-ring (bicyclic) bond motifs is 1. The molecule has 0 spiro atoms. The molecule has 0 aliphatic heterocycles. The molecule has 2 aromatic heterocycles. The number of nitrogens with zero attached hydrogens (tertiary/aromatic N) is 3. The van der Waals surface area contributed by atoms with Crippen LogP contribution in [0.1, 0.15) is 44.0 Å². The van der Waals surface area contributed by atoms with Crippen LogP contribution < -0.4 is 14.8 Å². The van der Waals surface area contributed by atoms with Gasteiger partial charge in [0.25, 0.3) is 0 Å². The number of rotatable bonds is 8. The summed E-state index contributed by atoms with van der Waals surface area (Å²) in [6.45, 7) is 4.89. The first-order chi connectivity index (χ1) is 16.0. The van der Waals surface area contributed by atoms with Crippen LogP contribution in [0.5, 0.6) is 11.5 Å². The normalized spacial score (nSPS) is 20.1. The van der Waals surface area contributed by atoms with E-state index in [1.165, 1.54) is 0 Å². The summed E-state index contributed by atoms with van der Waals surface area (Å²) in [6, 6.07) is 5.73. The molecule has 3 unspecified atom stereocenters. The van der Waals surface area contributed by atoms with E-state index in [1.807, 2.05) is 31.3 Å². The van der Waals surface area contributed by atoms with Crippen LogP contribution in [-0.4, -0.2) is 41.2 Å². The summed E-state index contributed by atoms with van der Waals surface area (Å²) in [4.78, 5) is 21.8. The van der Waals surface area contributed by atoms with Gasteiger partial charge in [0.2, 0.25) is 0 Å². The van der Waals surface area contributed by atoms with E-state index < -0.39 is 0 Å². The summed E-state index contributed by atoms with van der Waals surface area (Å²) in [5.74, 6) is 3.24. The molecule has 3 atom stereocenters. The third kappa shape index (κ3) is 4.51. The molecule has 0 bridgehead atoms. The van der Waals surface area contributed by atoms with Crippen LogP contribution in [0.3, 0.4) is 0 Å². The van der Waals surface area contributed by atoms with Crippen molar-refractivity contribution in [1.82, 2.24) is 14.4 Å². The molecule has 1 aliphatic carbocycles. The summed E-state index contributed by atoms with van der Waals surface area (Å²) in [5.41, 5.74) is 1.85. The number of halogens is 1. The maximum absolute atomic E-state index is 12.4. The van der Waals surface area contributed by atoms with Gasteiger partial charge in [0.05, 0.1) is 26.7 Å². The van der Waals surface area contributed by atoms with Crippen molar-refractivity contribution in [3.8, 4) is 11.5 Å². The molecular formula is C24H29BrN4O4. The van der Waals surface area contributed by atoms with E-state index in [2.05, 4.69) is 37.6 Å². The lowest BCUT2D eigenvalue weighted by Crippen LogP contribution is -2.22. The van der Waals surface area contributed by atoms with Crippen molar-refractivity contribution >= 4 is 33.2 Å². The predicted molar refractivity (Wildman–Crippen MR) is 129 cm³/mol. The topological polar surface area (TPSA) is 87.0 Å². The molecule has 0 radical (unpaired) electrons. The number of hydrogen-bond donors (Lipinski definition) is 1. The summed E-state index contributed by atoms with van der Waals surface area (Å²) in [5, 5.41) is 3.42. The molecule has 0 saturated heterocycles. The van der Waals surface area contributed by atoms with Crippen LogP contribution in [0.4, 0.5) is 5.82 Å². The number of ether oxygens (including phenoxy) is 3. The lowest BCUT2D eigenvalue weighted by atomic mass is 9.91. The minimum Gasteiger partial charge on any atom is -0.497 e. The monoisotopic (exact) mass is 516 g/mol. The molecule has 1 fully saturated rings. The Morgan fingerprint density at radius 2 is 2.09 bits per heavy atom. The van der Waals surface area contributed by atoms with Gasteiger partial charge in [-0.3, -0.25) is 9.20 Å². The number of benzene rings is 1. The van der Waals surface area contributed by atoms with Gasteiger partial charge < -0.3 is 19.5 Å². The fraction of sp³-hybridized carbons (Fsp3) is 0.458. The molecule has 8 nitrogen and oxygen atoms in total. The van der Waals surface area contributed by atoms with E-state index in [9.17, 15) is 4.79 Å². The standard InChI is InChI=1S/C24H29BrN4O4/c1-5-33-24(30)18-9-8-17(14(18)2)23-28-21(25)20-22(26-10-11-29(20)23)27-13-15-6-7-16(31-3)12-19(15)32-4/h6-7,10-12,14,17-18H,5,8-9,13H2,1-4H3,(H,26,27). The van der Waals surface area contributed by atoms with Crippen molar-refractivity contribution in [2.45, 2.75) is 39.2 Å². The number of esters is 1. The number of imidazole rings is 1. The first-order valence-corrected chi connectivity index (χ1v) is 11.9. The van der Waals surface area contributed by atoms with Crippen LogP contribution >= 0.6 is 15.9 Å². The molecule has 1 saturated carbocycles. The second-order valence-corrected chi connectivity index (χ2v) is 8.94. The molecule has 9 heteroatoms. The largest absolute Gasteiger partial charge is 0.497 e. The van der Waals surface area contributed by atoms with E-state index in [-0.39, 0.29) is 23.7 Å². The van der Waals surface area contributed by atoms with E-state index in [0.717, 1.165) is 45.8 Å². The Labute approximate surface area is 201 Å². The van der Waals surface area contributed by atoms with Crippen molar-refractivity contribution in [3.63, 3.8) is 0 Å². The van der Waals surface area contributed by atoms with Gasteiger partial charge in [0.15, 0.2) is 5.82 Å². The van der Waals surface area contributed by atoms with Gasteiger partial charge in [-0.05, 0) is 53.7 Å². The number of carbonyl (C=O) groups excluding carboxylic acids is 1. The number of aromatic nitrogens is 3. The Bertz CT molecular complexity index is 1150. The Morgan fingerprint density at radius 3 is 2.82 bits per heavy atom. The Kier molecular flexibility index (Phi) is 7.07. The van der Waals surface area contributed by atoms with E-state index >= 15 is 0 Å². The fourth-order valence-corrected chi connectivity index (χ4v) is 5.26. The molecule has 3 aromatic rings. The maximum Gasteiger partial charge on any atom is 0.309 e. The van der Waals surface area contributed by atoms with Crippen molar-refractivity contribution in [2.75, 3.05) is 26.1 Å². The number of carbonyl (C=O) groups is 1. The van der Waals surface area contributed by atoms with Gasteiger partial charge in [0, 0.05) is 36.5 Å². The van der Waals surface area contributed by atoms with Crippen LogP contribution in [0.15, 0.2) is 35.2 Å². The number of hydrogen-bond acceptors (Lipinski definition) is 7. The van der Waals surface area contributed by atoms with Gasteiger partial charge in [-0.15, -0.1) is 0 Å². The molecule has 2 heterocycles. The van der Waals surface area contributed by atoms with Gasteiger partial charge in [-0.25, -0.2) is 9.97 Å². The second kappa shape index (κ2) is 9.99. The van der Waals surface area contributed by atoms with Gasteiger partial charge in [0.1, 0.15) is 27.4 Å². The fourth-order valence-electron chi connectivity index (χ4n) is 4.70. The highest BCUT2D eigenvalue weighted by Gasteiger charge is 2.41. The van der Waals surface area contributed by atoms with Crippen molar-refractivity contribution in [1.29, 1.82) is 0 Å². The lowest BCUT2D eigenvalue weighted by Gasteiger charge is -2.19. The van der Waals surface area contributed by atoms with Gasteiger partial charge in [-0.1, -0.05) is 6.92 Å². The van der Waals surface area contributed by atoms with E-state index in [1.54, 1.807) is 20.4 Å². The number of anilines is 1. The van der Waals surface area contributed by atoms with Crippen molar-refractivity contribution in [2.24, 2.45) is 11.8 Å². The van der Waals surface area contributed by atoms with Crippen LogP contribution in [0.2, 0.25) is 0 Å². The molecule has 0 amide bonds. The average Bonchev–Trinajstić information content (AvgIpc) is 3.37. The highest BCUT2D eigenvalue weighted by Crippen LogP contribution is 2.44. The third-order valence-corrected chi connectivity index (χ3v) is 7.01. The number of nitrogens with one attached hydrogen (secondary N) is 1. The van der Waals surface area contributed by atoms with Gasteiger partial charge in [-0.2, -0.15) is 0 Å². The minimum absolute atomic E-state index is 0.0944. The second-order valence-electron chi connectivity index (χ2n) is 8.19. The van der Waals surface area contributed by atoms with Gasteiger partial charge >= 0.3 is 5.97 Å². The minimum atomic E-state index is -0.107. The Morgan fingerprint density at radius 1 is 1.27 bits per heavy atom. The highest BCUT2D eigenvalue weighted by atomic mass is 79.9. The predicted octanol–water partition coefficient (Wildman–Crippen LogP) is 4.81. The van der Waals surface area contributed by atoms with E-state index in [4.69, 9.17) is 19.2 Å². The first-order valence-electron chi connectivity index (χ1n) is 11.1. The first kappa shape index (κ1) is 23.4. The lowest BCUT2D eigenvalue weighted by molar-refractivity contribution is -0.149. The zero-order valence-electron chi connectivity index (χ0n) is 19.3. The molecule has 176 valence electrons. The highest BCUT2D eigenvalue weighted by molar-refractivity contribution is 9.10. The van der Waals surface area contributed by atoms with Crippen molar-refractivity contribution in [3.05, 3.63) is 46.6 Å². The summed E-state index contributed by atoms with van der Waals surface area (Å²) >= 11 is 3.63. The zero-order chi connectivity index (χ0) is 23.5.